The Kier molecular flexibility index (Phi) is 4.75. The normalized spacial score (nSPS) is 17.4. The van der Waals surface area contributed by atoms with Gasteiger partial charge in [-0.3, -0.25) is 4.55 Å². The Morgan fingerprint density at radius 3 is 1.52 bits per heavy atom. The summed E-state index contributed by atoms with van der Waals surface area (Å²) in [7, 11) is -10.4. The van der Waals surface area contributed by atoms with Crippen LogP contribution in [-0.2, 0) is 20.0 Å². The highest BCUT2D eigenvalue weighted by Crippen LogP contribution is 2.35. The third kappa shape index (κ3) is 3.09. The second-order valence-corrected chi connectivity index (χ2v) is 8.72. The lowest BCUT2D eigenvalue weighted by Gasteiger charge is -2.22. The lowest BCUT2D eigenvalue weighted by Crippen LogP contribution is -2.27. The van der Waals surface area contributed by atoms with Crippen LogP contribution in [0.15, 0.2) is 9.79 Å². The fourth-order valence-electron chi connectivity index (χ4n) is 2.61. The number of hydrogen-bond donors (Lipinski definition) is 1. The molecule has 1 N–H and O–H groups in total. The lowest BCUT2D eigenvalue weighted by atomic mass is 10.0. The molecule has 0 bridgehead atoms. The maximum atomic E-state index is 13.9. The van der Waals surface area contributed by atoms with Crippen molar-refractivity contribution in [2.45, 2.75) is 47.1 Å². The number of hydrogen-bond acceptors (Lipinski definition) is 4. The van der Waals surface area contributed by atoms with Crippen LogP contribution in [0.3, 0.4) is 0 Å². The molecule has 0 saturated heterocycles. The largest absolute Gasteiger partial charge is 0.300 e. The first-order chi connectivity index (χ1) is 10.5. The van der Waals surface area contributed by atoms with Crippen LogP contribution in [0.4, 0.5) is 17.6 Å². The van der Waals surface area contributed by atoms with Gasteiger partial charge in [-0.05, 0) is 12.8 Å². The third-order valence-electron chi connectivity index (χ3n) is 3.72. The zero-order chi connectivity index (χ0) is 17.6. The average Bonchev–Trinajstić information content (AvgIpc) is 2.45. The molecule has 1 aliphatic rings. The van der Waals surface area contributed by atoms with Gasteiger partial charge in [0, 0.05) is 0 Å². The Morgan fingerprint density at radius 2 is 1.13 bits per heavy atom. The van der Waals surface area contributed by atoms with E-state index in [0.717, 1.165) is 6.42 Å². The zero-order valence-electron chi connectivity index (χ0n) is 11.5. The summed E-state index contributed by atoms with van der Waals surface area (Å²) >= 11 is 0. The molecular formula is C12H12F4O5S2. The predicted octanol–water partition coefficient (Wildman–Crippen LogP) is 2.60. The van der Waals surface area contributed by atoms with Crippen molar-refractivity contribution in [2.75, 3.05) is 0 Å². The molecule has 1 aromatic carbocycles. The molecule has 0 aromatic heterocycles. The summed E-state index contributed by atoms with van der Waals surface area (Å²) in [4.78, 5) is -4.10. The van der Waals surface area contributed by atoms with Crippen LogP contribution in [0.5, 0.6) is 0 Å². The van der Waals surface area contributed by atoms with Gasteiger partial charge in [-0.15, -0.1) is 0 Å². The zero-order valence-corrected chi connectivity index (χ0v) is 13.2. The topological polar surface area (TPSA) is 88.5 Å². The van der Waals surface area contributed by atoms with Gasteiger partial charge in [0.05, 0.1) is 5.25 Å². The van der Waals surface area contributed by atoms with Gasteiger partial charge in [-0.25, -0.2) is 26.0 Å². The van der Waals surface area contributed by atoms with E-state index in [1.54, 1.807) is 0 Å². The maximum absolute atomic E-state index is 13.9. The monoisotopic (exact) mass is 376 g/mol. The summed E-state index contributed by atoms with van der Waals surface area (Å²) in [6.07, 6.45) is 1.82. The van der Waals surface area contributed by atoms with Crippen molar-refractivity contribution in [3.05, 3.63) is 23.3 Å². The number of rotatable bonds is 3. The first kappa shape index (κ1) is 18.1. The molecule has 1 aliphatic carbocycles. The van der Waals surface area contributed by atoms with E-state index < -0.39 is 58.3 Å². The van der Waals surface area contributed by atoms with Crippen LogP contribution in [0.2, 0.25) is 0 Å². The molecule has 130 valence electrons. The van der Waals surface area contributed by atoms with Gasteiger partial charge in [0.15, 0.2) is 38.0 Å². The molecule has 5 nitrogen and oxygen atoms in total. The fraction of sp³-hybridized carbons (Fsp3) is 0.500. The smallest absolute Gasteiger partial charge is 0.282 e. The minimum absolute atomic E-state index is 0.0739. The van der Waals surface area contributed by atoms with E-state index in [1.807, 2.05) is 0 Å². The Balaban J connectivity index is 2.75. The molecule has 23 heavy (non-hydrogen) atoms. The van der Waals surface area contributed by atoms with Gasteiger partial charge in [0.2, 0.25) is 0 Å². The standard InChI is InChI=1S/C12H12F4O5S2/c13-7-9(15)12(23(19,20)21)10(16)8(14)11(7)22(17,18)6-4-2-1-3-5-6/h6H,1-5H2,(H,19,20,21). The SMILES string of the molecule is O=S(=O)(O)c1c(F)c(F)c(S(=O)(=O)C2CCCCC2)c(F)c1F. The minimum atomic E-state index is -5.62. The van der Waals surface area contributed by atoms with Gasteiger partial charge in [0.1, 0.15) is 4.90 Å². The van der Waals surface area contributed by atoms with Crippen molar-refractivity contribution >= 4 is 20.0 Å². The minimum Gasteiger partial charge on any atom is -0.282 e. The van der Waals surface area contributed by atoms with Crippen molar-refractivity contribution < 1.29 is 39.0 Å². The number of benzene rings is 1. The summed E-state index contributed by atoms with van der Waals surface area (Å²) in [5.74, 6) is -9.66. The molecule has 2 rings (SSSR count). The van der Waals surface area contributed by atoms with Crippen LogP contribution >= 0.6 is 0 Å². The summed E-state index contributed by atoms with van der Waals surface area (Å²) in [6, 6.07) is 0. The first-order valence-corrected chi connectivity index (χ1v) is 9.55. The van der Waals surface area contributed by atoms with Gasteiger partial charge in [-0.1, -0.05) is 19.3 Å². The van der Waals surface area contributed by atoms with E-state index in [-0.39, 0.29) is 12.8 Å². The highest BCUT2D eigenvalue weighted by molar-refractivity contribution is 7.92. The van der Waals surface area contributed by atoms with Gasteiger partial charge >= 0.3 is 10.1 Å². The van der Waals surface area contributed by atoms with Crippen LogP contribution in [-0.4, -0.2) is 26.6 Å². The van der Waals surface area contributed by atoms with Crippen LogP contribution in [0, 0.1) is 23.3 Å². The van der Waals surface area contributed by atoms with Crippen LogP contribution < -0.4 is 0 Å². The average molecular weight is 376 g/mol. The summed E-state index contributed by atoms with van der Waals surface area (Å²) in [6.45, 7) is 0. The van der Waals surface area contributed by atoms with Crippen molar-refractivity contribution in [2.24, 2.45) is 0 Å². The molecule has 0 heterocycles. The highest BCUT2D eigenvalue weighted by atomic mass is 32.2. The third-order valence-corrected chi connectivity index (χ3v) is 6.87. The summed E-state index contributed by atoms with van der Waals surface area (Å²) in [5, 5.41) is -1.21. The van der Waals surface area contributed by atoms with Crippen molar-refractivity contribution in [3.63, 3.8) is 0 Å². The maximum Gasteiger partial charge on any atom is 0.300 e. The second kappa shape index (κ2) is 6.02. The summed E-state index contributed by atoms with van der Waals surface area (Å²) in [5.41, 5.74) is 0. The Labute approximate surface area is 130 Å². The molecule has 0 aliphatic heterocycles. The molecule has 0 amide bonds. The van der Waals surface area contributed by atoms with Crippen molar-refractivity contribution in [1.82, 2.24) is 0 Å². The fourth-order valence-corrected chi connectivity index (χ4v) is 5.21. The Bertz CT molecular complexity index is 814. The molecule has 1 aromatic rings. The molecule has 0 spiro atoms. The molecule has 0 unspecified atom stereocenters. The predicted molar refractivity (Wildman–Crippen MR) is 70.1 cm³/mol. The molecule has 1 fully saturated rings. The summed E-state index contributed by atoms with van der Waals surface area (Å²) < 4.78 is 110. The first-order valence-electron chi connectivity index (χ1n) is 6.57. The van der Waals surface area contributed by atoms with Gasteiger partial charge in [0.25, 0.3) is 0 Å². The molecule has 11 heteroatoms. The Morgan fingerprint density at radius 1 is 0.739 bits per heavy atom. The van der Waals surface area contributed by atoms with Gasteiger partial charge < -0.3 is 0 Å². The van der Waals surface area contributed by atoms with E-state index in [2.05, 4.69) is 0 Å². The van der Waals surface area contributed by atoms with Crippen LogP contribution in [0.1, 0.15) is 32.1 Å². The van der Waals surface area contributed by atoms with E-state index >= 15 is 0 Å². The Hall–Kier alpha value is -1.20. The lowest BCUT2D eigenvalue weighted by molar-refractivity contribution is 0.378. The van der Waals surface area contributed by atoms with E-state index in [9.17, 15) is 34.4 Å². The van der Waals surface area contributed by atoms with E-state index in [4.69, 9.17) is 4.55 Å². The van der Waals surface area contributed by atoms with E-state index in [0.29, 0.717) is 12.8 Å². The molecule has 0 atom stereocenters. The second-order valence-electron chi connectivity index (χ2n) is 5.19. The molecule has 1 saturated carbocycles. The van der Waals surface area contributed by atoms with Gasteiger partial charge in [-0.2, -0.15) is 8.42 Å². The highest BCUT2D eigenvalue weighted by Gasteiger charge is 2.40. The number of halogens is 4. The van der Waals surface area contributed by atoms with Crippen molar-refractivity contribution in [3.8, 4) is 0 Å². The molecular weight excluding hydrogens is 364 g/mol. The quantitative estimate of drug-likeness (QED) is 0.498. The number of sulfone groups is 1. The van der Waals surface area contributed by atoms with E-state index in [1.165, 1.54) is 0 Å². The van der Waals surface area contributed by atoms with Crippen molar-refractivity contribution in [1.29, 1.82) is 0 Å². The van der Waals surface area contributed by atoms with Crippen LogP contribution in [0.25, 0.3) is 0 Å². The molecule has 0 radical (unpaired) electrons.